The average molecular weight is 546 g/mol. The van der Waals surface area contributed by atoms with Crippen LogP contribution in [0.2, 0.25) is 0 Å². The number of rotatable bonds is 8. The number of guanidine groups is 1. The van der Waals surface area contributed by atoms with Gasteiger partial charge in [0.05, 0.1) is 19.8 Å². The highest BCUT2D eigenvalue weighted by Crippen LogP contribution is 2.19. The van der Waals surface area contributed by atoms with Gasteiger partial charge in [0.25, 0.3) is 0 Å². The molecule has 3 aromatic rings. The number of aromatic amines is 1. The van der Waals surface area contributed by atoms with Crippen molar-refractivity contribution in [3.05, 3.63) is 72.1 Å². The van der Waals surface area contributed by atoms with Crippen LogP contribution in [0.3, 0.4) is 0 Å². The van der Waals surface area contributed by atoms with Crippen LogP contribution in [0.4, 0.5) is 0 Å². The minimum absolute atomic E-state index is 0. The Morgan fingerprint density at radius 1 is 1.19 bits per heavy atom. The summed E-state index contributed by atoms with van der Waals surface area (Å²) in [6.07, 6.45) is 2.65. The molecular formula is C24H31IN6O. The normalized spacial score (nSPS) is 16.1. The van der Waals surface area contributed by atoms with Gasteiger partial charge in [-0.1, -0.05) is 48.5 Å². The first kappa shape index (κ1) is 24.2. The molecule has 0 saturated carbocycles. The Morgan fingerprint density at radius 3 is 2.81 bits per heavy atom. The van der Waals surface area contributed by atoms with E-state index in [4.69, 9.17) is 9.73 Å². The van der Waals surface area contributed by atoms with Crippen LogP contribution in [0.25, 0.3) is 11.4 Å². The summed E-state index contributed by atoms with van der Waals surface area (Å²) in [5, 5.41) is 10.3. The van der Waals surface area contributed by atoms with E-state index in [2.05, 4.69) is 68.7 Å². The Balaban J connectivity index is 0.00000289. The lowest BCUT2D eigenvalue weighted by Gasteiger charge is -2.21. The van der Waals surface area contributed by atoms with E-state index in [0.29, 0.717) is 19.1 Å². The van der Waals surface area contributed by atoms with Gasteiger partial charge in [0.2, 0.25) is 0 Å². The summed E-state index contributed by atoms with van der Waals surface area (Å²) in [6, 6.07) is 18.6. The van der Waals surface area contributed by atoms with Gasteiger partial charge in [-0.3, -0.25) is 5.10 Å². The molecule has 32 heavy (non-hydrogen) atoms. The van der Waals surface area contributed by atoms with Crippen LogP contribution < -0.4 is 5.32 Å². The molecule has 1 aliphatic rings. The van der Waals surface area contributed by atoms with Crippen molar-refractivity contribution in [2.75, 3.05) is 26.2 Å². The Kier molecular flexibility index (Phi) is 9.48. The lowest BCUT2D eigenvalue weighted by molar-refractivity contribution is 0.0906. The Morgan fingerprint density at radius 2 is 2.03 bits per heavy atom. The molecule has 4 rings (SSSR count). The van der Waals surface area contributed by atoms with E-state index in [-0.39, 0.29) is 24.0 Å². The molecule has 0 spiro atoms. The summed E-state index contributed by atoms with van der Waals surface area (Å²) < 4.78 is 5.97. The first-order valence-corrected chi connectivity index (χ1v) is 10.9. The molecule has 0 bridgehead atoms. The van der Waals surface area contributed by atoms with Crippen LogP contribution in [0.5, 0.6) is 0 Å². The van der Waals surface area contributed by atoms with E-state index in [9.17, 15) is 0 Å². The van der Waals surface area contributed by atoms with Crippen molar-refractivity contribution in [1.82, 2.24) is 25.4 Å². The number of aliphatic imine (C=N–C) groups is 1. The summed E-state index contributed by atoms with van der Waals surface area (Å²) in [5.41, 5.74) is 3.39. The number of benzene rings is 2. The summed E-state index contributed by atoms with van der Waals surface area (Å²) in [6.45, 7) is 7.01. The van der Waals surface area contributed by atoms with Crippen LogP contribution >= 0.6 is 24.0 Å². The lowest BCUT2D eigenvalue weighted by atomic mass is 10.1. The van der Waals surface area contributed by atoms with Crippen LogP contribution in [0.1, 0.15) is 24.5 Å². The van der Waals surface area contributed by atoms with Gasteiger partial charge in [-0.2, -0.15) is 5.10 Å². The van der Waals surface area contributed by atoms with Gasteiger partial charge in [-0.15, -0.1) is 24.0 Å². The molecular weight excluding hydrogens is 515 g/mol. The molecule has 0 radical (unpaired) electrons. The molecule has 1 unspecified atom stereocenters. The predicted octanol–water partition coefficient (Wildman–Crippen LogP) is 4.09. The van der Waals surface area contributed by atoms with Gasteiger partial charge in [0.15, 0.2) is 11.8 Å². The zero-order chi connectivity index (χ0) is 21.3. The molecule has 1 atom stereocenters. The van der Waals surface area contributed by atoms with E-state index < -0.39 is 0 Å². The highest BCUT2D eigenvalue weighted by Gasteiger charge is 2.25. The lowest BCUT2D eigenvalue weighted by Crippen LogP contribution is -2.40. The molecule has 2 aromatic carbocycles. The maximum atomic E-state index is 5.97. The van der Waals surface area contributed by atoms with Crippen LogP contribution in [-0.4, -0.2) is 52.3 Å². The molecule has 0 amide bonds. The number of hydrogen-bond acceptors (Lipinski definition) is 4. The molecule has 7 nitrogen and oxygen atoms in total. The van der Waals surface area contributed by atoms with Crippen molar-refractivity contribution in [1.29, 1.82) is 0 Å². The number of aromatic nitrogens is 3. The second kappa shape index (κ2) is 12.5. The molecule has 0 aliphatic carbocycles. The molecule has 1 aliphatic heterocycles. The summed E-state index contributed by atoms with van der Waals surface area (Å²) >= 11 is 0. The fourth-order valence-corrected chi connectivity index (χ4v) is 3.83. The number of ether oxygens (including phenoxy) is 1. The van der Waals surface area contributed by atoms with Crippen LogP contribution in [0.15, 0.2) is 65.9 Å². The van der Waals surface area contributed by atoms with Crippen molar-refractivity contribution in [3.8, 4) is 11.4 Å². The Bertz CT molecular complexity index is 964. The smallest absolute Gasteiger partial charge is 0.194 e. The Labute approximate surface area is 206 Å². The van der Waals surface area contributed by atoms with Crippen LogP contribution in [-0.2, 0) is 17.9 Å². The van der Waals surface area contributed by atoms with Gasteiger partial charge in [-0.05, 0) is 30.5 Å². The molecule has 1 saturated heterocycles. The van der Waals surface area contributed by atoms with Crippen molar-refractivity contribution >= 4 is 29.9 Å². The van der Waals surface area contributed by atoms with Crippen LogP contribution in [0, 0.1) is 5.92 Å². The topological polar surface area (TPSA) is 78.4 Å². The van der Waals surface area contributed by atoms with Gasteiger partial charge >= 0.3 is 0 Å². The number of likely N-dealkylation sites (tertiary alicyclic amines) is 1. The third-order valence-electron chi connectivity index (χ3n) is 5.41. The zero-order valence-electron chi connectivity index (χ0n) is 18.4. The SMILES string of the molecule is CCNC(=NCc1cccc(-c2ncn[nH]2)c1)N1CCC(COCc2ccccc2)C1.I. The molecule has 2 N–H and O–H groups in total. The minimum atomic E-state index is 0. The number of H-pyrrole nitrogens is 1. The largest absolute Gasteiger partial charge is 0.376 e. The quantitative estimate of drug-likeness (QED) is 0.253. The number of hydrogen-bond donors (Lipinski definition) is 2. The number of halogens is 1. The maximum Gasteiger partial charge on any atom is 0.194 e. The van der Waals surface area contributed by atoms with E-state index >= 15 is 0 Å². The zero-order valence-corrected chi connectivity index (χ0v) is 20.7. The molecule has 170 valence electrons. The fraction of sp³-hybridized carbons (Fsp3) is 0.375. The van der Waals surface area contributed by atoms with E-state index in [1.54, 1.807) is 0 Å². The number of nitrogens with one attached hydrogen (secondary N) is 2. The monoisotopic (exact) mass is 546 g/mol. The predicted molar refractivity (Wildman–Crippen MR) is 138 cm³/mol. The van der Waals surface area contributed by atoms with E-state index in [1.165, 1.54) is 11.9 Å². The highest BCUT2D eigenvalue weighted by molar-refractivity contribution is 14.0. The molecule has 1 fully saturated rings. The highest BCUT2D eigenvalue weighted by atomic mass is 127. The first-order chi connectivity index (χ1) is 15.3. The second-order valence-electron chi connectivity index (χ2n) is 7.81. The molecule has 2 heterocycles. The summed E-state index contributed by atoms with van der Waals surface area (Å²) in [7, 11) is 0. The number of nitrogens with zero attached hydrogens (tertiary/aromatic N) is 4. The summed E-state index contributed by atoms with van der Waals surface area (Å²) in [5.74, 6) is 2.27. The van der Waals surface area contributed by atoms with Gasteiger partial charge in [0.1, 0.15) is 6.33 Å². The average Bonchev–Trinajstić information content (AvgIpc) is 3.50. The van der Waals surface area contributed by atoms with Crippen molar-refractivity contribution in [3.63, 3.8) is 0 Å². The third kappa shape index (κ3) is 6.77. The first-order valence-electron chi connectivity index (χ1n) is 10.9. The Hall–Kier alpha value is -2.46. The second-order valence-corrected chi connectivity index (χ2v) is 7.81. The van der Waals surface area contributed by atoms with Crippen molar-refractivity contribution in [2.24, 2.45) is 10.9 Å². The van der Waals surface area contributed by atoms with E-state index in [1.807, 2.05) is 18.2 Å². The van der Waals surface area contributed by atoms with E-state index in [0.717, 1.165) is 55.6 Å². The molecule has 8 heteroatoms. The molecule has 1 aromatic heterocycles. The minimum Gasteiger partial charge on any atom is -0.376 e. The third-order valence-corrected chi connectivity index (χ3v) is 5.41. The fourth-order valence-electron chi connectivity index (χ4n) is 3.83. The van der Waals surface area contributed by atoms with Gasteiger partial charge < -0.3 is 15.0 Å². The van der Waals surface area contributed by atoms with Gasteiger partial charge in [-0.25, -0.2) is 9.98 Å². The standard InChI is InChI=1S/C24H30N6O.HI/c1-2-25-24(26-14-20-9-6-10-22(13-20)23-27-18-28-29-23)30-12-11-21(15-30)17-31-16-19-7-4-3-5-8-19;/h3-10,13,18,21H,2,11-12,14-17H2,1H3,(H,25,26)(H,27,28,29);1H. The van der Waals surface area contributed by atoms with Gasteiger partial charge in [0, 0.05) is 31.1 Å². The van der Waals surface area contributed by atoms with Crippen molar-refractivity contribution < 1.29 is 4.74 Å². The maximum absolute atomic E-state index is 5.97. The summed E-state index contributed by atoms with van der Waals surface area (Å²) in [4.78, 5) is 11.5. The van der Waals surface area contributed by atoms with Crippen molar-refractivity contribution in [2.45, 2.75) is 26.5 Å².